The predicted octanol–water partition coefficient (Wildman–Crippen LogP) is 3.44. The Labute approximate surface area is 159 Å². The minimum atomic E-state index is -0.276. The quantitative estimate of drug-likeness (QED) is 0.759. The number of hydrogen-bond acceptors (Lipinski definition) is 2. The lowest BCUT2D eigenvalue weighted by Crippen LogP contribution is -2.33. The molecule has 136 valence electrons. The van der Waals surface area contributed by atoms with Gasteiger partial charge in [0.15, 0.2) is 0 Å². The van der Waals surface area contributed by atoms with Gasteiger partial charge in [0.1, 0.15) is 0 Å². The molecular formula is C21H23ClN2O2. The number of likely N-dealkylation sites (tertiary alicyclic amines) is 1. The van der Waals surface area contributed by atoms with Crippen LogP contribution in [0.25, 0.3) is 0 Å². The summed E-state index contributed by atoms with van der Waals surface area (Å²) in [5.41, 5.74) is 2.18. The number of carbonyl (C=O) groups is 2. The molecule has 2 aromatic rings. The molecule has 1 atom stereocenters. The maximum atomic E-state index is 12.4. The summed E-state index contributed by atoms with van der Waals surface area (Å²) in [4.78, 5) is 26.3. The van der Waals surface area contributed by atoms with E-state index in [1.165, 1.54) is 5.56 Å². The molecule has 1 N–H and O–H groups in total. The molecule has 2 aromatic carbocycles. The van der Waals surface area contributed by atoms with Crippen LogP contribution in [0.4, 0.5) is 0 Å². The summed E-state index contributed by atoms with van der Waals surface area (Å²) in [5, 5.41) is 3.61. The second-order valence-electron chi connectivity index (χ2n) is 6.65. The van der Waals surface area contributed by atoms with Crippen LogP contribution in [-0.4, -0.2) is 29.8 Å². The molecule has 26 heavy (non-hydrogen) atoms. The highest BCUT2D eigenvalue weighted by atomic mass is 35.5. The molecule has 1 saturated heterocycles. The summed E-state index contributed by atoms with van der Waals surface area (Å²) in [7, 11) is 0. The fourth-order valence-electron chi connectivity index (χ4n) is 3.23. The first kappa shape index (κ1) is 18.5. The van der Waals surface area contributed by atoms with Crippen LogP contribution >= 0.6 is 11.6 Å². The second kappa shape index (κ2) is 8.86. The van der Waals surface area contributed by atoms with Crippen LogP contribution in [0, 0.1) is 5.92 Å². The van der Waals surface area contributed by atoms with Gasteiger partial charge in [0.05, 0.1) is 5.92 Å². The summed E-state index contributed by atoms with van der Waals surface area (Å²) >= 11 is 6.17. The van der Waals surface area contributed by atoms with Crippen molar-refractivity contribution in [3.05, 3.63) is 70.7 Å². The van der Waals surface area contributed by atoms with Crippen LogP contribution < -0.4 is 5.32 Å². The van der Waals surface area contributed by atoms with E-state index in [1.54, 1.807) is 4.90 Å². The van der Waals surface area contributed by atoms with Gasteiger partial charge in [-0.15, -0.1) is 0 Å². The molecule has 0 aromatic heterocycles. The SMILES string of the molecule is O=C(NCCCc1ccccc1)C1CC(=O)N(Cc2ccccc2Cl)C1. The highest BCUT2D eigenvalue weighted by Gasteiger charge is 2.34. The lowest BCUT2D eigenvalue weighted by molar-refractivity contribution is -0.129. The highest BCUT2D eigenvalue weighted by Crippen LogP contribution is 2.23. The average molecular weight is 371 g/mol. The maximum Gasteiger partial charge on any atom is 0.225 e. The number of aryl methyl sites for hydroxylation is 1. The van der Waals surface area contributed by atoms with E-state index in [2.05, 4.69) is 17.4 Å². The molecule has 0 aliphatic carbocycles. The van der Waals surface area contributed by atoms with E-state index in [1.807, 2.05) is 42.5 Å². The number of amides is 2. The fraction of sp³-hybridized carbons (Fsp3) is 0.333. The molecular weight excluding hydrogens is 348 g/mol. The van der Waals surface area contributed by atoms with Crippen molar-refractivity contribution in [1.82, 2.24) is 10.2 Å². The molecule has 2 amide bonds. The molecule has 1 unspecified atom stereocenters. The van der Waals surface area contributed by atoms with Crippen molar-refractivity contribution in [2.75, 3.05) is 13.1 Å². The summed E-state index contributed by atoms with van der Waals surface area (Å²) in [5.74, 6) is -0.302. The molecule has 3 rings (SSSR count). The lowest BCUT2D eigenvalue weighted by atomic mass is 10.1. The van der Waals surface area contributed by atoms with Crippen LogP contribution in [0.15, 0.2) is 54.6 Å². The first-order valence-electron chi connectivity index (χ1n) is 8.96. The second-order valence-corrected chi connectivity index (χ2v) is 7.05. The van der Waals surface area contributed by atoms with Crippen LogP contribution in [0.1, 0.15) is 24.0 Å². The minimum absolute atomic E-state index is 0.00866. The van der Waals surface area contributed by atoms with E-state index in [0.717, 1.165) is 18.4 Å². The van der Waals surface area contributed by atoms with E-state index in [9.17, 15) is 9.59 Å². The predicted molar refractivity (Wildman–Crippen MR) is 103 cm³/mol. The molecule has 1 fully saturated rings. The zero-order valence-electron chi connectivity index (χ0n) is 14.7. The number of nitrogens with zero attached hydrogens (tertiary/aromatic N) is 1. The molecule has 1 aliphatic heterocycles. The van der Waals surface area contributed by atoms with Gasteiger partial charge in [0, 0.05) is 31.1 Å². The standard InChI is InChI=1S/C21H23ClN2O2/c22-19-11-5-4-10-17(19)14-24-15-18(13-20(24)25)21(26)23-12-6-9-16-7-2-1-3-8-16/h1-5,7-8,10-11,18H,6,9,12-15H2,(H,23,26). The van der Waals surface area contributed by atoms with E-state index in [0.29, 0.717) is 24.7 Å². The van der Waals surface area contributed by atoms with Gasteiger partial charge in [-0.25, -0.2) is 0 Å². The molecule has 0 bridgehead atoms. The van der Waals surface area contributed by atoms with Crippen LogP contribution in [0.5, 0.6) is 0 Å². The molecule has 5 heteroatoms. The Kier molecular flexibility index (Phi) is 6.29. The van der Waals surface area contributed by atoms with Crippen molar-refractivity contribution < 1.29 is 9.59 Å². The molecule has 0 spiro atoms. The van der Waals surface area contributed by atoms with Crippen molar-refractivity contribution in [2.24, 2.45) is 5.92 Å². The number of nitrogens with one attached hydrogen (secondary N) is 1. The van der Waals surface area contributed by atoms with Crippen molar-refractivity contribution in [3.63, 3.8) is 0 Å². The molecule has 0 radical (unpaired) electrons. The third-order valence-electron chi connectivity index (χ3n) is 4.69. The monoisotopic (exact) mass is 370 g/mol. The zero-order valence-corrected chi connectivity index (χ0v) is 15.4. The molecule has 0 saturated carbocycles. The van der Waals surface area contributed by atoms with Crippen molar-refractivity contribution in [3.8, 4) is 0 Å². The van der Waals surface area contributed by atoms with Crippen LogP contribution in [0.2, 0.25) is 5.02 Å². The van der Waals surface area contributed by atoms with Gasteiger partial charge in [-0.1, -0.05) is 60.1 Å². The Morgan fingerprint density at radius 1 is 1.12 bits per heavy atom. The van der Waals surface area contributed by atoms with Gasteiger partial charge >= 0.3 is 0 Å². The molecule has 1 heterocycles. The van der Waals surface area contributed by atoms with Crippen LogP contribution in [0.3, 0.4) is 0 Å². The van der Waals surface area contributed by atoms with Crippen LogP contribution in [-0.2, 0) is 22.6 Å². The smallest absolute Gasteiger partial charge is 0.225 e. The van der Waals surface area contributed by atoms with Gasteiger partial charge in [0.25, 0.3) is 0 Å². The van der Waals surface area contributed by atoms with E-state index < -0.39 is 0 Å². The summed E-state index contributed by atoms with van der Waals surface area (Å²) in [6.45, 7) is 1.54. The van der Waals surface area contributed by atoms with Crippen molar-refractivity contribution in [2.45, 2.75) is 25.8 Å². The zero-order chi connectivity index (χ0) is 18.4. The summed E-state index contributed by atoms with van der Waals surface area (Å²) < 4.78 is 0. The van der Waals surface area contributed by atoms with E-state index in [4.69, 9.17) is 11.6 Å². The van der Waals surface area contributed by atoms with Crippen molar-refractivity contribution >= 4 is 23.4 Å². The summed E-state index contributed by atoms with van der Waals surface area (Å²) in [6, 6.07) is 17.7. The Bertz CT molecular complexity index is 764. The fourth-order valence-corrected chi connectivity index (χ4v) is 3.42. The first-order chi connectivity index (χ1) is 12.6. The largest absolute Gasteiger partial charge is 0.356 e. The van der Waals surface area contributed by atoms with E-state index >= 15 is 0 Å². The Morgan fingerprint density at radius 3 is 2.62 bits per heavy atom. The highest BCUT2D eigenvalue weighted by molar-refractivity contribution is 6.31. The van der Waals surface area contributed by atoms with Gasteiger partial charge < -0.3 is 10.2 Å². The van der Waals surface area contributed by atoms with Gasteiger partial charge in [-0.05, 0) is 30.0 Å². The number of halogens is 1. The first-order valence-corrected chi connectivity index (χ1v) is 9.34. The molecule has 4 nitrogen and oxygen atoms in total. The minimum Gasteiger partial charge on any atom is -0.356 e. The lowest BCUT2D eigenvalue weighted by Gasteiger charge is -2.17. The number of carbonyl (C=O) groups excluding carboxylic acids is 2. The topological polar surface area (TPSA) is 49.4 Å². The average Bonchev–Trinajstić information content (AvgIpc) is 3.02. The number of hydrogen-bond donors (Lipinski definition) is 1. The molecule has 1 aliphatic rings. The third-order valence-corrected chi connectivity index (χ3v) is 5.06. The van der Waals surface area contributed by atoms with Crippen molar-refractivity contribution in [1.29, 1.82) is 0 Å². The third kappa shape index (κ3) is 4.85. The maximum absolute atomic E-state index is 12.4. The Morgan fingerprint density at radius 2 is 1.85 bits per heavy atom. The van der Waals surface area contributed by atoms with Gasteiger partial charge in [-0.2, -0.15) is 0 Å². The number of rotatable bonds is 7. The van der Waals surface area contributed by atoms with Gasteiger partial charge in [-0.3, -0.25) is 9.59 Å². The number of benzene rings is 2. The van der Waals surface area contributed by atoms with E-state index in [-0.39, 0.29) is 24.2 Å². The van der Waals surface area contributed by atoms with Gasteiger partial charge in [0.2, 0.25) is 11.8 Å². The summed E-state index contributed by atoms with van der Waals surface area (Å²) in [6.07, 6.45) is 2.10. The Balaban J connectivity index is 1.44. The Hall–Kier alpha value is -2.33. The normalized spacial score (nSPS) is 16.7.